The number of benzene rings is 2. The van der Waals surface area contributed by atoms with Gasteiger partial charge in [-0.1, -0.05) is 24.3 Å². The molecule has 1 heterocycles. The van der Waals surface area contributed by atoms with Crippen molar-refractivity contribution in [2.24, 2.45) is 0 Å². The summed E-state index contributed by atoms with van der Waals surface area (Å²) in [5.74, 6) is 1.02. The maximum atomic E-state index is 12.5. The Kier molecular flexibility index (Phi) is 6.65. The fraction of sp³-hybridized carbons (Fsp3) is 0.174. The van der Waals surface area contributed by atoms with Crippen molar-refractivity contribution >= 4 is 5.91 Å². The van der Waals surface area contributed by atoms with E-state index in [2.05, 4.69) is 12.1 Å². The molecule has 0 saturated heterocycles. The minimum Gasteiger partial charge on any atom is -0.484 e. The van der Waals surface area contributed by atoms with Crippen LogP contribution in [0.5, 0.6) is 5.75 Å². The normalized spacial score (nSPS) is 10.0. The number of carbonyl (C=O) groups is 1. The third-order valence-electron chi connectivity index (χ3n) is 4.34. The van der Waals surface area contributed by atoms with Gasteiger partial charge in [0.1, 0.15) is 11.5 Å². The maximum Gasteiger partial charge on any atom is 0.260 e. The molecule has 29 heavy (non-hydrogen) atoms. The highest BCUT2D eigenvalue weighted by Crippen LogP contribution is 2.23. The SMILES string of the molecule is N#CCCN(Cc1ccco1)C(=O)COc1ccc(-c2ccc(C#N)cc2)cc1. The van der Waals surface area contributed by atoms with Gasteiger partial charge in [-0.25, -0.2) is 0 Å². The first-order valence-corrected chi connectivity index (χ1v) is 9.10. The summed E-state index contributed by atoms with van der Waals surface area (Å²) in [5, 5.41) is 17.7. The summed E-state index contributed by atoms with van der Waals surface area (Å²) < 4.78 is 10.9. The third-order valence-corrected chi connectivity index (χ3v) is 4.34. The van der Waals surface area contributed by atoms with Crippen LogP contribution < -0.4 is 4.74 Å². The van der Waals surface area contributed by atoms with Crippen LogP contribution in [0.4, 0.5) is 0 Å². The Morgan fingerprint density at radius 2 is 1.69 bits per heavy atom. The molecule has 0 aliphatic heterocycles. The average molecular weight is 385 g/mol. The van der Waals surface area contributed by atoms with E-state index in [0.717, 1.165) is 11.1 Å². The lowest BCUT2D eigenvalue weighted by Crippen LogP contribution is -2.35. The molecule has 0 bridgehead atoms. The van der Waals surface area contributed by atoms with E-state index in [1.54, 1.807) is 47.6 Å². The molecule has 0 radical (unpaired) electrons. The Morgan fingerprint density at radius 1 is 1.00 bits per heavy atom. The molecule has 6 heteroatoms. The molecular weight excluding hydrogens is 366 g/mol. The summed E-state index contributed by atoms with van der Waals surface area (Å²) >= 11 is 0. The molecule has 2 aromatic carbocycles. The first kappa shape index (κ1) is 19.7. The van der Waals surface area contributed by atoms with Crippen LogP contribution in [0.2, 0.25) is 0 Å². The fourth-order valence-electron chi connectivity index (χ4n) is 2.78. The van der Waals surface area contributed by atoms with Crippen LogP contribution in [0.25, 0.3) is 11.1 Å². The summed E-state index contributed by atoms with van der Waals surface area (Å²) in [5.41, 5.74) is 2.59. The van der Waals surface area contributed by atoms with E-state index in [1.807, 2.05) is 24.3 Å². The second-order valence-electron chi connectivity index (χ2n) is 6.30. The highest BCUT2D eigenvalue weighted by atomic mass is 16.5. The third kappa shape index (κ3) is 5.47. The number of hydrogen-bond acceptors (Lipinski definition) is 5. The Balaban J connectivity index is 1.59. The number of nitrogens with zero attached hydrogens (tertiary/aromatic N) is 3. The topological polar surface area (TPSA) is 90.3 Å². The van der Waals surface area contributed by atoms with E-state index < -0.39 is 0 Å². The Bertz CT molecular complexity index is 1010. The molecule has 0 atom stereocenters. The van der Waals surface area contributed by atoms with Crippen molar-refractivity contribution in [1.29, 1.82) is 10.5 Å². The molecule has 0 aliphatic carbocycles. The number of furan rings is 1. The van der Waals surface area contributed by atoms with Crippen molar-refractivity contribution in [3.8, 4) is 29.0 Å². The van der Waals surface area contributed by atoms with Gasteiger partial charge in [0.15, 0.2) is 6.61 Å². The molecule has 0 fully saturated rings. The van der Waals surface area contributed by atoms with Crippen LogP contribution in [0.1, 0.15) is 17.7 Å². The summed E-state index contributed by atoms with van der Waals surface area (Å²) in [6, 6.07) is 22.4. The predicted octanol–water partition coefficient (Wildman–Crippen LogP) is 4.14. The quantitative estimate of drug-likeness (QED) is 0.581. The molecule has 0 saturated carbocycles. The second-order valence-corrected chi connectivity index (χ2v) is 6.30. The summed E-state index contributed by atoms with van der Waals surface area (Å²) in [6.45, 7) is 0.494. The van der Waals surface area contributed by atoms with Crippen LogP contribution in [0.3, 0.4) is 0 Å². The molecular formula is C23H19N3O3. The van der Waals surface area contributed by atoms with E-state index in [1.165, 1.54) is 0 Å². The average Bonchev–Trinajstić information content (AvgIpc) is 3.28. The lowest BCUT2D eigenvalue weighted by molar-refractivity contribution is -0.134. The van der Waals surface area contributed by atoms with E-state index >= 15 is 0 Å². The number of ether oxygens (including phenoxy) is 1. The van der Waals surface area contributed by atoms with Crippen molar-refractivity contribution < 1.29 is 13.9 Å². The van der Waals surface area contributed by atoms with Gasteiger partial charge in [0.25, 0.3) is 5.91 Å². The van der Waals surface area contributed by atoms with Crippen LogP contribution in [-0.2, 0) is 11.3 Å². The summed E-state index contributed by atoms with van der Waals surface area (Å²) in [4.78, 5) is 14.1. The first-order chi connectivity index (χ1) is 14.2. The van der Waals surface area contributed by atoms with Crippen molar-refractivity contribution in [2.75, 3.05) is 13.2 Å². The van der Waals surface area contributed by atoms with E-state index in [4.69, 9.17) is 19.7 Å². The van der Waals surface area contributed by atoms with Gasteiger partial charge in [-0.15, -0.1) is 0 Å². The Labute approximate surface area is 169 Å². The van der Waals surface area contributed by atoms with Gasteiger partial charge in [0.05, 0.1) is 36.9 Å². The first-order valence-electron chi connectivity index (χ1n) is 9.10. The number of hydrogen-bond donors (Lipinski definition) is 0. The molecule has 0 aliphatic rings. The standard InChI is InChI=1S/C23H19N3O3/c24-12-2-13-26(16-22-3-1-14-28-22)23(27)17-29-21-10-8-20(9-11-21)19-6-4-18(15-25)5-7-19/h1,3-11,14H,2,13,16-17H2. The minimum atomic E-state index is -0.215. The zero-order valence-corrected chi connectivity index (χ0v) is 15.7. The lowest BCUT2D eigenvalue weighted by atomic mass is 10.0. The van der Waals surface area contributed by atoms with Gasteiger partial charge in [0.2, 0.25) is 0 Å². The van der Waals surface area contributed by atoms with Crippen LogP contribution in [0.15, 0.2) is 71.3 Å². The summed E-state index contributed by atoms with van der Waals surface area (Å²) in [7, 11) is 0. The number of nitriles is 2. The van der Waals surface area contributed by atoms with Crippen molar-refractivity contribution in [2.45, 2.75) is 13.0 Å². The number of amides is 1. The molecule has 3 aromatic rings. The highest BCUT2D eigenvalue weighted by Gasteiger charge is 2.16. The van der Waals surface area contributed by atoms with Crippen molar-refractivity contribution in [1.82, 2.24) is 4.90 Å². The molecule has 1 aromatic heterocycles. The molecule has 144 valence electrons. The van der Waals surface area contributed by atoms with Gasteiger partial charge in [0, 0.05) is 6.54 Å². The zero-order valence-electron chi connectivity index (χ0n) is 15.7. The van der Waals surface area contributed by atoms with Crippen molar-refractivity contribution in [3.63, 3.8) is 0 Å². The van der Waals surface area contributed by atoms with E-state index in [-0.39, 0.29) is 18.9 Å². The van der Waals surface area contributed by atoms with Gasteiger partial charge in [-0.3, -0.25) is 4.79 Å². The molecule has 1 amide bonds. The van der Waals surface area contributed by atoms with Crippen LogP contribution in [0, 0.1) is 22.7 Å². The molecule has 3 rings (SSSR count). The smallest absolute Gasteiger partial charge is 0.260 e. The van der Waals surface area contributed by atoms with Crippen molar-refractivity contribution in [3.05, 3.63) is 78.3 Å². The van der Waals surface area contributed by atoms with Gasteiger partial charge in [-0.05, 0) is 47.5 Å². The highest BCUT2D eigenvalue weighted by molar-refractivity contribution is 5.77. The molecule has 6 nitrogen and oxygen atoms in total. The maximum absolute atomic E-state index is 12.5. The number of carbonyl (C=O) groups excluding carboxylic acids is 1. The fourth-order valence-corrected chi connectivity index (χ4v) is 2.78. The van der Waals surface area contributed by atoms with Gasteiger partial charge < -0.3 is 14.1 Å². The van der Waals surface area contributed by atoms with Gasteiger partial charge in [-0.2, -0.15) is 10.5 Å². The van der Waals surface area contributed by atoms with E-state index in [0.29, 0.717) is 30.2 Å². The number of rotatable bonds is 8. The predicted molar refractivity (Wildman–Crippen MR) is 106 cm³/mol. The second kappa shape index (κ2) is 9.77. The molecule has 0 unspecified atom stereocenters. The molecule has 0 N–H and O–H groups in total. The minimum absolute atomic E-state index is 0.123. The summed E-state index contributed by atoms with van der Waals surface area (Å²) in [6.07, 6.45) is 1.79. The molecule has 0 spiro atoms. The lowest BCUT2D eigenvalue weighted by Gasteiger charge is -2.20. The van der Waals surface area contributed by atoms with E-state index in [9.17, 15) is 4.79 Å². The zero-order chi connectivity index (χ0) is 20.5. The monoisotopic (exact) mass is 385 g/mol. The Morgan fingerprint density at radius 3 is 2.28 bits per heavy atom. The van der Waals surface area contributed by atoms with Crippen LogP contribution in [-0.4, -0.2) is 24.0 Å². The van der Waals surface area contributed by atoms with Crippen LogP contribution >= 0.6 is 0 Å². The Hall–Kier alpha value is -4.03. The van der Waals surface area contributed by atoms with Gasteiger partial charge >= 0.3 is 0 Å². The largest absolute Gasteiger partial charge is 0.484 e.